The van der Waals surface area contributed by atoms with Crippen molar-refractivity contribution in [1.29, 1.82) is 0 Å². The van der Waals surface area contributed by atoms with Gasteiger partial charge in [-0.25, -0.2) is 9.37 Å². The maximum Gasteiger partial charge on any atom is 0.151 e. The second-order valence-corrected chi connectivity index (χ2v) is 3.85. The molecule has 0 spiro atoms. The number of fused-ring (bicyclic) bond motifs is 1. The van der Waals surface area contributed by atoms with E-state index < -0.39 is 0 Å². The Morgan fingerprint density at radius 1 is 1.12 bits per heavy atom. The highest BCUT2D eigenvalue weighted by molar-refractivity contribution is 5.75. The number of hydrogen-bond acceptors (Lipinski definition) is 2. The molecule has 2 aromatic heterocycles. The number of benzene rings is 1. The van der Waals surface area contributed by atoms with Crippen LogP contribution in [0.15, 0.2) is 42.7 Å². The van der Waals surface area contributed by atoms with Crippen LogP contribution in [-0.4, -0.2) is 15.0 Å². The van der Waals surface area contributed by atoms with Crippen LogP contribution in [0, 0.1) is 5.82 Å². The SMILES string of the molecule is Fc1cccc2[nH]c(Cc3ccncc3)nc12. The summed E-state index contributed by atoms with van der Waals surface area (Å²) in [7, 11) is 0. The first-order chi connectivity index (χ1) is 8.33. The van der Waals surface area contributed by atoms with Gasteiger partial charge in [0, 0.05) is 18.8 Å². The molecule has 17 heavy (non-hydrogen) atoms. The van der Waals surface area contributed by atoms with Crippen molar-refractivity contribution in [2.45, 2.75) is 6.42 Å². The van der Waals surface area contributed by atoms with Crippen molar-refractivity contribution in [3.05, 3.63) is 59.9 Å². The van der Waals surface area contributed by atoms with Crippen LogP contribution in [0.5, 0.6) is 0 Å². The maximum atomic E-state index is 13.4. The number of halogens is 1. The van der Waals surface area contributed by atoms with Crippen LogP contribution in [-0.2, 0) is 6.42 Å². The molecular weight excluding hydrogens is 217 g/mol. The number of nitrogens with one attached hydrogen (secondary N) is 1. The highest BCUT2D eigenvalue weighted by Crippen LogP contribution is 2.16. The molecule has 0 saturated heterocycles. The Morgan fingerprint density at radius 2 is 1.94 bits per heavy atom. The van der Waals surface area contributed by atoms with E-state index in [1.807, 2.05) is 18.2 Å². The number of nitrogens with zero attached hydrogens (tertiary/aromatic N) is 2. The average molecular weight is 227 g/mol. The van der Waals surface area contributed by atoms with Gasteiger partial charge in [0.05, 0.1) is 5.52 Å². The lowest BCUT2D eigenvalue weighted by molar-refractivity contribution is 0.637. The van der Waals surface area contributed by atoms with Crippen molar-refractivity contribution in [3.63, 3.8) is 0 Å². The lowest BCUT2D eigenvalue weighted by atomic mass is 10.2. The zero-order chi connectivity index (χ0) is 11.7. The molecular formula is C13H10FN3. The van der Waals surface area contributed by atoms with E-state index in [0.29, 0.717) is 11.9 Å². The first-order valence-electron chi connectivity index (χ1n) is 5.35. The molecule has 0 aliphatic carbocycles. The molecule has 0 radical (unpaired) electrons. The third-order valence-electron chi connectivity index (χ3n) is 2.63. The zero-order valence-electron chi connectivity index (χ0n) is 9.02. The summed E-state index contributed by atoms with van der Waals surface area (Å²) >= 11 is 0. The van der Waals surface area contributed by atoms with E-state index in [2.05, 4.69) is 15.0 Å². The Labute approximate surface area is 97.3 Å². The van der Waals surface area contributed by atoms with Gasteiger partial charge in [-0.15, -0.1) is 0 Å². The Balaban J connectivity index is 1.99. The van der Waals surface area contributed by atoms with Gasteiger partial charge >= 0.3 is 0 Å². The van der Waals surface area contributed by atoms with Crippen molar-refractivity contribution < 1.29 is 4.39 Å². The van der Waals surface area contributed by atoms with Crippen LogP contribution in [0.25, 0.3) is 11.0 Å². The molecule has 2 heterocycles. The van der Waals surface area contributed by atoms with Crippen molar-refractivity contribution in [2.24, 2.45) is 0 Å². The Bertz CT molecular complexity index is 646. The van der Waals surface area contributed by atoms with Gasteiger partial charge in [0.2, 0.25) is 0 Å². The molecule has 0 aliphatic rings. The minimum absolute atomic E-state index is 0.292. The predicted octanol–water partition coefficient (Wildman–Crippen LogP) is 2.69. The number of hydrogen-bond donors (Lipinski definition) is 1. The van der Waals surface area contributed by atoms with E-state index in [4.69, 9.17) is 0 Å². The summed E-state index contributed by atoms with van der Waals surface area (Å²) in [6.07, 6.45) is 4.12. The second kappa shape index (κ2) is 3.97. The number of rotatable bonds is 2. The van der Waals surface area contributed by atoms with Crippen LogP contribution >= 0.6 is 0 Å². The van der Waals surface area contributed by atoms with Crippen molar-refractivity contribution in [3.8, 4) is 0 Å². The van der Waals surface area contributed by atoms with E-state index in [1.165, 1.54) is 6.07 Å². The molecule has 4 heteroatoms. The molecule has 0 unspecified atom stereocenters. The van der Waals surface area contributed by atoms with Gasteiger partial charge in [-0.3, -0.25) is 4.98 Å². The van der Waals surface area contributed by atoms with Gasteiger partial charge in [-0.05, 0) is 29.8 Å². The molecule has 0 aliphatic heterocycles. The fourth-order valence-corrected chi connectivity index (χ4v) is 1.83. The van der Waals surface area contributed by atoms with E-state index in [9.17, 15) is 4.39 Å². The minimum Gasteiger partial charge on any atom is -0.342 e. The Kier molecular flexibility index (Phi) is 2.33. The van der Waals surface area contributed by atoms with Gasteiger partial charge in [-0.2, -0.15) is 0 Å². The summed E-state index contributed by atoms with van der Waals surface area (Å²) in [5.41, 5.74) is 2.23. The number of H-pyrrole nitrogens is 1. The second-order valence-electron chi connectivity index (χ2n) is 3.85. The van der Waals surface area contributed by atoms with Crippen LogP contribution in [0.2, 0.25) is 0 Å². The number of para-hydroxylation sites is 1. The van der Waals surface area contributed by atoms with Crippen LogP contribution < -0.4 is 0 Å². The summed E-state index contributed by atoms with van der Waals surface area (Å²) in [4.78, 5) is 11.3. The van der Waals surface area contributed by atoms with Crippen LogP contribution in [0.3, 0.4) is 0 Å². The smallest absolute Gasteiger partial charge is 0.151 e. The fourth-order valence-electron chi connectivity index (χ4n) is 1.83. The van der Waals surface area contributed by atoms with Gasteiger partial charge in [0.25, 0.3) is 0 Å². The summed E-state index contributed by atoms with van der Waals surface area (Å²) in [6, 6.07) is 8.75. The van der Waals surface area contributed by atoms with Gasteiger partial charge in [-0.1, -0.05) is 6.07 Å². The molecule has 1 aromatic carbocycles. The molecule has 3 aromatic rings. The number of imidazole rings is 1. The quantitative estimate of drug-likeness (QED) is 0.731. The summed E-state index contributed by atoms with van der Waals surface area (Å²) in [5, 5.41) is 0. The molecule has 0 atom stereocenters. The highest BCUT2D eigenvalue weighted by atomic mass is 19.1. The summed E-state index contributed by atoms with van der Waals surface area (Å²) in [6.45, 7) is 0. The lowest BCUT2D eigenvalue weighted by Crippen LogP contribution is -1.90. The van der Waals surface area contributed by atoms with Crippen molar-refractivity contribution >= 4 is 11.0 Å². The van der Waals surface area contributed by atoms with Crippen LogP contribution in [0.4, 0.5) is 4.39 Å². The minimum atomic E-state index is -0.292. The molecule has 0 amide bonds. The maximum absolute atomic E-state index is 13.4. The standard InChI is InChI=1S/C13H10FN3/c14-10-2-1-3-11-13(10)17-12(16-11)8-9-4-6-15-7-5-9/h1-7H,8H2,(H,16,17). The Hall–Kier alpha value is -2.23. The highest BCUT2D eigenvalue weighted by Gasteiger charge is 2.07. The number of pyridine rings is 1. The van der Waals surface area contributed by atoms with E-state index in [-0.39, 0.29) is 5.82 Å². The first kappa shape index (κ1) is 9.96. The van der Waals surface area contributed by atoms with Crippen LogP contribution in [0.1, 0.15) is 11.4 Å². The number of aromatic nitrogens is 3. The Morgan fingerprint density at radius 3 is 2.71 bits per heavy atom. The average Bonchev–Trinajstić information content (AvgIpc) is 2.74. The third kappa shape index (κ3) is 1.89. The van der Waals surface area contributed by atoms with Gasteiger partial charge in [0.1, 0.15) is 11.3 Å². The lowest BCUT2D eigenvalue weighted by Gasteiger charge is -1.95. The van der Waals surface area contributed by atoms with E-state index in [1.54, 1.807) is 18.5 Å². The predicted molar refractivity (Wildman–Crippen MR) is 63.1 cm³/mol. The molecule has 0 fully saturated rings. The molecule has 3 nitrogen and oxygen atoms in total. The molecule has 1 N–H and O–H groups in total. The van der Waals surface area contributed by atoms with E-state index >= 15 is 0 Å². The van der Waals surface area contributed by atoms with Gasteiger partial charge < -0.3 is 4.98 Å². The molecule has 0 bridgehead atoms. The first-order valence-corrected chi connectivity index (χ1v) is 5.35. The topological polar surface area (TPSA) is 41.6 Å². The number of aromatic amines is 1. The zero-order valence-corrected chi connectivity index (χ0v) is 9.02. The summed E-state index contributed by atoms with van der Waals surface area (Å²) in [5.74, 6) is 0.469. The monoisotopic (exact) mass is 227 g/mol. The van der Waals surface area contributed by atoms with Crippen molar-refractivity contribution in [2.75, 3.05) is 0 Å². The van der Waals surface area contributed by atoms with E-state index in [0.717, 1.165) is 16.9 Å². The molecule has 3 rings (SSSR count). The van der Waals surface area contributed by atoms with Gasteiger partial charge in [0.15, 0.2) is 5.82 Å². The van der Waals surface area contributed by atoms with Crippen molar-refractivity contribution in [1.82, 2.24) is 15.0 Å². The largest absolute Gasteiger partial charge is 0.342 e. The molecule has 0 saturated carbocycles. The summed E-state index contributed by atoms with van der Waals surface area (Å²) < 4.78 is 13.4. The normalized spacial score (nSPS) is 10.9. The molecule has 84 valence electrons. The third-order valence-corrected chi connectivity index (χ3v) is 2.63. The fraction of sp³-hybridized carbons (Fsp3) is 0.0769.